The first-order valence-electron chi connectivity index (χ1n) is 8.93. The van der Waals surface area contributed by atoms with E-state index in [9.17, 15) is 14.9 Å². The summed E-state index contributed by atoms with van der Waals surface area (Å²) in [6, 6.07) is 8.02. The molecule has 0 fully saturated rings. The number of nitro benzene ring substituents is 1. The number of nitro groups is 1. The normalized spacial score (nSPS) is 12.7. The summed E-state index contributed by atoms with van der Waals surface area (Å²) in [5.74, 6) is 1.36. The average molecular weight is 402 g/mol. The van der Waals surface area contributed by atoms with Crippen LogP contribution in [0.5, 0.6) is 23.0 Å². The molecule has 0 atom stereocenters. The third kappa shape index (κ3) is 4.34. The molecule has 0 saturated heterocycles. The Morgan fingerprint density at radius 2 is 1.72 bits per heavy atom. The zero-order valence-corrected chi connectivity index (χ0v) is 16.5. The van der Waals surface area contributed by atoms with Crippen LogP contribution in [0.2, 0.25) is 0 Å². The van der Waals surface area contributed by atoms with Gasteiger partial charge in [0, 0.05) is 13.1 Å². The first-order valence-corrected chi connectivity index (χ1v) is 8.93. The molecule has 1 aliphatic rings. The van der Waals surface area contributed by atoms with Crippen LogP contribution in [0.15, 0.2) is 30.3 Å². The predicted molar refractivity (Wildman–Crippen MR) is 104 cm³/mol. The second-order valence-corrected chi connectivity index (χ2v) is 6.42. The first kappa shape index (κ1) is 20.2. The minimum Gasteiger partial charge on any atom is -0.496 e. The van der Waals surface area contributed by atoms with Crippen molar-refractivity contribution in [2.45, 2.75) is 13.0 Å². The van der Waals surface area contributed by atoms with Gasteiger partial charge in [-0.1, -0.05) is 0 Å². The van der Waals surface area contributed by atoms with Crippen molar-refractivity contribution >= 4 is 11.6 Å². The first-order chi connectivity index (χ1) is 14.0. The highest BCUT2D eigenvalue weighted by atomic mass is 16.6. The molecule has 0 unspecified atom stereocenters. The van der Waals surface area contributed by atoms with Gasteiger partial charge in [-0.15, -0.1) is 0 Å². The van der Waals surface area contributed by atoms with Gasteiger partial charge in [0.05, 0.1) is 32.3 Å². The number of nitrogens with zero attached hydrogens (tertiary/aromatic N) is 2. The van der Waals surface area contributed by atoms with Crippen molar-refractivity contribution in [2.75, 3.05) is 34.5 Å². The average Bonchev–Trinajstić information content (AvgIpc) is 2.75. The number of ether oxygens (including phenoxy) is 4. The van der Waals surface area contributed by atoms with Gasteiger partial charge >= 0.3 is 5.69 Å². The molecule has 2 aromatic rings. The lowest BCUT2D eigenvalue weighted by Gasteiger charge is -2.29. The summed E-state index contributed by atoms with van der Waals surface area (Å²) < 4.78 is 21.1. The lowest BCUT2D eigenvalue weighted by molar-refractivity contribution is -0.385. The number of rotatable bonds is 7. The summed E-state index contributed by atoms with van der Waals surface area (Å²) in [6.07, 6.45) is 0.671. The third-order valence-corrected chi connectivity index (χ3v) is 4.78. The number of methoxy groups -OCH3 is 3. The van der Waals surface area contributed by atoms with Crippen LogP contribution < -0.4 is 18.9 Å². The van der Waals surface area contributed by atoms with Crippen molar-refractivity contribution in [3.8, 4) is 23.0 Å². The van der Waals surface area contributed by atoms with Crippen LogP contribution >= 0.6 is 0 Å². The summed E-state index contributed by atoms with van der Waals surface area (Å²) in [6.45, 7) is 0.633. The quantitative estimate of drug-likeness (QED) is 0.518. The minimum absolute atomic E-state index is 0.0213. The lowest BCUT2D eigenvalue weighted by Crippen LogP contribution is -2.38. The van der Waals surface area contributed by atoms with E-state index in [0.717, 1.165) is 11.1 Å². The maximum Gasteiger partial charge on any atom is 0.314 e. The Kier molecular flexibility index (Phi) is 6.06. The van der Waals surface area contributed by atoms with Gasteiger partial charge in [0.2, 0.25) is 0 Å². The SMILES string of the molecule is COc1ccc(OCC(=O)N2CCc3cc(OC)c(OC)cc3C2)c([N+](=O)[O-])c1. The Balaban J connectivity index is 1.69. The highest BCUT2D eigenvalue weighted by Crippen LogP contribution is 2.34. The fourth-order valence-corrected chi connectivity index (χ4v) is 3.22. The topological polar surface area (TPSA) is 100 Å². The van der Waals surface area contributed by atoms with Gasteiger partial charge < -0.3 is 23.8 Å². The summed E-state index contributed by atoms with van der Waals surface area (Å²) >= 11 is 0. The van der Waals surface area contributed by atoms with Gasteiger partial charge in [-0.05, 0) is 41.8 Å². The number of benzene rings is 2. The third-order valence-electron chi connectivity index (χ3n) is 4.78. The molecule has 0 aromatic heterocycles. The standard InChI is InChI=1S/C20H22N2O7/c1-26-15-4-5-17(16(10-15)22(24)25)29-12-20(23)21-7-6-13-8-18(27-2)19(28-3)9-14(13)11-21/h4-5,8-10H,6-7,11-12H2,1-3H3. The van der Waals surface area contributed by atoms with Crippen LogP contribution in [0.3, 0.4) is 0 Å². The number of carbonyl (C=O) groups is 1. The van der Waals surface area contributed by atoms with E-state index in [4.69, 9.17) is 18.9 Å². The van der Waals surface area contributed by atoms with Crippen LogP contribution in [0.1, 0.15) is 11.1 Å². The van der Waals surface area contributed by atoms with E-state index < -0.39 is 4.92 Å². The molecule has 154 valence electrons. The molecule has 0 saturated carbocycles. The molecule has 29 heavy (non-hydrogen) atoms. The molecule has 9 nitrogen and oxygen atoms in total. The molecular formula is C20H22N2O7. The van der Waals surface area contributed by atoms with Crippen molar-refractivity contribution in [1.82, 2.24) is 4.90 Å². The Hall–Kier alpha value is -3.49. The monoisotopic (exact) mass is 402 g/mol. The Bertz CT molecular complexity index is 929. The van der Waals surface area contributed by atoms with Crippen molar-refractivity contribution in [2.24, 2.45) is 0 Å². The number of amides is 1. The highest BCUT2D eigenvalue weighted by molar-refractivity contribution is 5.78. The molecule has 9 heteroatoms. The lowest BCUT2D eigenvalue weighted by atomic mass is 9.99. The smallest absolute Gasteiger partial charge is 0.314 e. The van der Waals surface area contributed by atoms with Gasteiger partial charge in [0.25, 0.3) is 5.91 Å². The number of carbonyl (C=O) groups excluding carboxylic acids is 1. The van der Waals surface area contributed by atoms with Gasteiger partial charge in [-0.3, -0.25) is 14.9 Å². The molecule has 0 spiro atoms. The van der Waals surface area contributed by atoms with E-state index in [0.29, 0.717) is 36.8 Å². The fourth-order valence-electron chi connectivity index (χ4n) is 3.22. The van der Waals surface area contributed by atoms with Gasteiger partial charge in [0.15, 0.2) is 23.9 Å². The molecule has 0 bridgehead atoms. The summed E-state index contributed by atoms with van der Waals surface area (Å²) in [4.78, 5) is 24.9. The number of hydrogen-bond donors (Lipinski definition) is 0. The maximum absolute atomic E-state index is 12.6. The number of hydrogen-bond acceptors (Lipinski definition) is 7. The second-order valence-electron chi connectivity index (χ2n) is 6.42. The van der Waals surface area contributed by atoms with Crippen LogP contribution in [-0.4, -0.2) is 50.2 Å². The van der Waals surface area contributed by atoms with Crippen molar-refractivity contribution in [3.63, 3.8) is 0 Å². The van der Waals surface area contributed by atoms with Gasteiger partial charge in [-0.25, -0.2) is 0 Å². The van der Waals surface area contributed by atoms with Crippen LogP contribution in [-0.2, 0) is 17.8 Å². The minimum atomic E-state index is -0.570. The molecule has 0 N–H and O–H groups in total. The summed E-state index contributed by atoms with van der Waals surface area (Å²) in [7, 11) is 4.56. The van der Waals surface area contributed by atoms with E-state index >= 15 is 0 Å². The van der Waals surface area contributed by atoms with Crippen LogP contribution in [0, 0.1) is 10.1 Å². The van der Waals surface area contributed by atoms with Gasteiger partial charge in [-0.2, -0.15) is 0 Å². The van der Waals surface area contributed by atoms with E-state index in [1.165, 1.54) is 19.2 Å². The molecule has 1 aliphatic heterocycles. The summed E-state index contributed by atoms with van der Waals surface area (Å²) in [5.41, 5.74) is 1.81. The van der Waals surface area contributed by atoms with Crippen molar-refractivity contribution < 1.29 is 28.7 Å². The Morgan fingerprint density at radius 1 is 1.03 bits per heavy atom. The van der Waals surface area contributed by atoms with Crippen LogP contribution in [0.4, 0.5) is 5.69 Å². The number of fused-ring (bicyclic) bond motifs is 1. The molecule has 0 aliphatic carbocycles. The van der Waals surface area contributed by atoms with E-state index in [-0.39, 0.29) is 24.0 Å². The molecule has 1 heterocycles. The molecule has 1 amide bonds. The summed E-state index contributed by atoms with van der Waals surface area (Å²) in [5, 5.41) is 11.2. The Labute approximate surface area is 167 Å². The van der Waals surface area contributed by atoms with E-state index in [2.05, 4.69) is 0 Å². The highest BCUT2D eigenvalue weighted by Gasteiger charge is 2.24. The van der Waals surface area contributed by atoms with E-state index in [1.54, 1.807) is 25.2 Å². The van der Waals surface area contributed by atoms with Crippen molar-refractivity contribution in [3.05, 3.63) is 51.6 Å². The largest absolute Gasteiger partial charge is 0.496 e. The molecule has 0 radical (unpaired) electrons. The zero-order chi connectivity index (χ0) is 21.0. The van der Waals surface area contributed by atoms with Gasteiger partial charge in [0.1, 0.15) is 5.75 Å². The Morgan fingerprint density at radius 3 is 2.34 bits per heavy atom. The van der Waals surface area contributed by atoms with Crippen molar-refractivity contribution in [1.29, 1.82) is 0 Å². The molecule has 3 rings (SSSR count). The zero-order valence-electron chi connectivity index (χ0n) is 16.5. The predicted octanol–water partition coefficient (Wildman–Crippen LogP) is 2.58. The second kappa shape index (κ2) is 8.68. The fraction of sp³-hybridized carbons (Fsp3) is 0.350. The maximum atomic E-state index is 12.6. The molecule has 2 aromatic carbocycles. The van der Waals surface area contributed by atoms with E-state index in [1.807, 2.05) is 12.1 Å². The molecular weight excluding hydrogens is 380 g/mol. The van der Waals surface area contributed by atoms with Crippen LogP contribution in [0.25, 0.3) is 0 Å².